The number of amides is 1. The van der Waals surface area contributed by atoms with Crippen molar-refractivity contribution in [2.75, 3.05) is 24.5 Å². The summed E-state index contributed by atoms with van der Waals surface area (Å²) in [6.45, 7) is 2.13. The quantitative estimate of drug-likeness (QED) is 0.903. The highest BCUT2D eigenvalue weighted by Gasteiger charge is 2.45. The third-order valence-electron chi connectivity index (χ3n) is 5.15. The van der Waals surface area contributed by atoms with E-state index in [0.717, 1.165) is 37.8 Å². The topological polar surface area (TPSA) is 45.5 Å². The minimum atomic E-state index is -0.831. The van der Waals surface area contributed by atoms with E-state index < -0.39 is 11.6 Å². The minimum absolute atomic E-state index is 0.00912. The Bertz CT molecular complexity index is 763. The molecule has 1 aromatic carbocycles. The summed E-state index contributed by atoms with van der Waals surface area (Å²) in [6.07, 6.45) is 3.39. The van der Waals surface area contributed by atoms with Gasteiger partial charge in [-0.15, -0.1) is 0 Å². The van der Waals surface area contributed by atoms with Gasteiger partial charge in [-0.1, -0.05) is 0 Å². The van der Waals surface area contributed by atoms with Gasteiger partial charge in [0, 0.05) is 43.2 Å². The molecule has 3 atom stereocenters. The summed E-state index contributed by atoms with van der Waals surface area (Å²) in [5.74, 6) is -0.169. The van der Waals surface area contributed by atoms with Gasteiger partial charge in [0.2, 0.25) is 5.91 Å². The Balaban J connectivity index is 1.26. The second kappa shape index (κ2) is 6.50. The number of rotatable bonds is 5. The van der Waals surface area contributed by atoms with E-state index in [2.05, 4.69) is 5.32 Å². The fourth-order valence-electron chi connectivity index (χ4n) is 3.59. The van der Waals surface area contributed by atoms with Crippen molar-refractivity contribution in [1.82, 2.24) is 5.32 Å². The van der Waals surface area contributed by atoms with Crippen LogP contribution < -0.4 is 10.2 Å². The average Bonchev–Trinajstić information content (AvgIpc) is 3.01. The number of carbonyl (C=O) groups is 1. The standard InChI is InChI=1S/C19H20F2N2O2/c20-16-4-3-13(8-17(16)21)23-6-5-12(11-23)10-22-19(24)15-9-14(15)18-2-1-7-25-18/h1-4,7-8,12,14-15H,5-6,9-11H2,(H,22,24). The maximum atomic E-state index is 13.4. The minimum Gasteiger partial charge on any atom is -0.469 e. The zero-order valence-corrected chi connectivity index (χ0v) is 13.8. The van der Waals surface area contributed by atoms with Crippen LogP contribution in [0.3, 0.4) is 0 Å². The van der Waals surface area contributed by atoms with Gasteiger partial charge in [0.1, 0.15) is 5.76 Å². The normalized spacial score (nSPS) is 25.2. The smallest absolute Gasteiger partial charge is 0.223 e. The summed E-state index contributed by atoms with van der Waals surface area (Å²) in [7, 11) is 0. The summed E-state index contributed by atoms with van der Waals surface area (Å²) in [4.78, 5) is 14.3. The molecule has 2 aliphatic rings. The van der Waals surface area contributed by atoms with E-state index in [1.165, 1.54) is 6.07 Å². The number of nitrogens with one attached hydrogen (secondary N) is 1. The van der Waals surface area contributed by atoms with Crippen LogP contribution in [0.4, 0.5) is 14.5 Å². The van der Waals surface area contributed by atoms with Crippen molar-refractivity contribution in [3.05, 3.63) is 54.0 Å². The van der Waals surface area contributed by atoms with Crippen LogP contribution >= 0.6 is 0 Å². The van der Waals surface area contributed by atoms with Gasteiger partial charge in [-0.2, -0.15) is 0 Å². The molecule has 2 fully saturated rings. The largest absolute Gasteiger partial charge is 0.469 e. The molecule has 132 valence electrons. The summed E-state index contributed by atoms with van der Waals surface area (Å²) in [5, 5.41) is 3.03. The summed E-state index contributed by atoms with van der Waals surface area (Å²) < 4.78 is 31.8. The van der Waals surface area contributed by atoms with Gasteiger partial charge in [0.25, 0.3) is 0 Å². The van der Waals surface area contributed by atoms with Gasteiger partial charge in [0.15, 0.2) is 11.6 Å². The number of furan rings is 1. The second-order valence-electron chi connectivity index (χ2n) is 6.91. The van der Waals surface area contributed by atoms with E-state index in [0.29, 0.717) is 18.2 Å². The van der Waals surface area contributed by atoms with Crippen molar-refractivity contribution >= 4 is 11.6 Å². The number of hydrogen-bond donors (Lipinski definition) is 1. The van der Waals surface area contributed by atoms with Crippen LogP contribution in [0.1, 0.15) is 24.5 Å². The Labute approximate surface area is 144 Å². The van der Waals surface area contributed by atoms with Crippen molar-refractivity contribution in [2.45, 2.75) is 18.8 Å². The van der Waals surface area contributed by atoms with Crippen LogP contribution in [0.5, 0.6) is 0 Å². The Morgan fingerprint density at radius 1 is 1.28 bits per heavy atom. The van der Waals surface area contributed by atoms with Crippen molar-refractivity contribution < 1.29 is 18.0 Å². The molecule has 1 saturated carbocycles. The van der Waals surface area contributed by atoms with Gasteiger partial charge >= 0.3 is 0 Å². The molecule has 0 radical (unpaired) electrons. The number of halogens is 2. The molecule has 1 amide bonds. The lowest BCUT2D eigenvalue weighted by Gasteiger charge is -2.19. The zero-order chi connectivity index (χ0) is 17.4. The first kappa shape index (κ1) is 16.1. The van der Waals surface area contributed by atoms with Crippen LogP contribution in [-0.2, 0) is 4.79 Å². The monoisotopic (exact) mass is 346 g/mol. The molecule has 1 saturated heterocycles. The predicted molar refractivity (Wildman–Crippen MR) is 89.2 cm³/mol. The molecule has 4 nitrogen and oxygen atoms in total. The van der Waals surface area contributed by atoms with Crippen LogP contribution in [-0.4, -0.2) is 25.5 Å². The van der Waals surface area contributed by atoms with E-state index in [1.54, 1.807) is 12.3 Å². The Kier molecular flexibility index (Phi) is 4.19. The fraction of sp³-hybridized carbons (Fsp3) is 0.421. The van der Waals surface area contributed by atoms with E-state index in [9.17, 15) is 13.6 Å². The van der Waals surface area contributed by atoms with Crippen LogP contribution in [0, 0.1) is 23.5 Å². The molecule has 2 aromatic rings. The molecular weight excluding hydrogens is 326 g/mol. The molecular formula is C19H20F2N2O2. The lowest BCUT2D eigenvalue weighted by atomic mass is 10.1. The lowest BCUT2D eigenvalue weighted by Crippen LogP contribution is -2.32. The van der Waals surface area contributed by atoms with E-state index in [4.69, 9.17) is 4.42 Å². The van der Waals surface area contributed by atoms with E-state index in [1.807, 2.05) is 17.0 Å². The van der Waals surface area contributed by atoms with Gasteiger partial charge < -0.3 is 14.6 Å². The van der Waals surface area contributed by atoms with Gasteiger partial charge in [-0.05, 0) is 43.0 Å². The third-order valence-corrected chi connectivity index (χ3v) is 5.15. The Morgan fingerprint density at radius 2 is 2.16 bits per heavy atom. The number of carbonyl (C=O) groups excluding carboxylic acids is 1. The van der Waals surface area contributed by atoms with Gasteiger partial charge in [0.05, 0.1) is 6.26 Å². The molecule has 0 spiro atoms. The lowest BCUT2D eigenvalue weighted by molar-refractivity contribution is -0.122. The fourth-order valence-corrected chi connectivity index (χ4v) is 3.59. The molecule has 3 unspecified atom stereocenters. The first-order valence-corrected chi connectivity index (χ1v) is 8.63. The highest BCUT2D eigenvalue weighted by atomic mass is 19.2. The van der Waals surface area contributed by atoms with Crippen LogP contribution in [0.25, 0.3) is 0 Å². The van der Waals surface area contributed by atoms with Gasteiger partial charge in [-0.3, -0.25) is 4.79 Å². The average molecular weight is 346 g/mol. The maximum absolute atomic E-state index is 13.4. The molecule has 6 heteroatoms. The number of anilines is 1. The number of nitrogens with zero attached hydrogens (tertiary/aromatic N) is 1. The van der Waals surface area contributed by atoms with Crippen molar-refractivity contribution in [1.29, 1.82) is 0 Å². The molecule has 2 heterocycles. The highest BCUT2D eigenvalue weighted by molar-refractivity contribution is 5.82. The Hall–Kier alpha value is -2.37. The summed E-state index contributed by atoms with van der Waals surface area (Å²) in [5.41, 5.74) is 0.688. The van der Waals surface area contributed by atoms with Crippen LogP contribution in [0.2, 0.25) is 0 Å². The van der Waals surface area contributed by atoms with Crippen molar-refractivity contribution in [2.24, 2.45) is 11.8 Å². The molecule has 1 N–H and O–H groups in total. The van der Waals surface area contributed by atoms with Crippen LogP contribution in [0.15, 0.2) is 41.0 Å². The molecule has 4 rings (SSSR count). The van der Waals surface area contributed by atoms with E-state index >= 15 is 0 Å². The van der Waals surface area contributed by atoms with Gasteiger partial charge in [-0.25, -0.2) is 8.78 Å². The zero-order valence-electron chi connectivity index (χ0n) is 13.8. The molecule has 1 aliphatic carbocycles. The first-order valence-electron chi connectivity index (χ1n) is 8.63. The molecule has 25 heavy (non-hydrogen) atoms. The van der Waals surface area contributed by atoms with E-state index in [-0.39, 0.29) is 17.7 Å². The highest BCUT2D eigenvalue weighted by Crippen LogP contribution is 2.47. The van der Waals surface area contributed by atoms with Crippen molar-refractivity contribution in [3.8, 4) is 0 Å². The maximum Gasteiger partial charge on any atom is 0.223 e. The SMILES string of the molecule is O=C(NCC1CCN(c2ccc(F)c(F)c2)C1)C1CC1c1ccco1. The number of benzene rings is 1. The predicted octanol–water partition coefficient (Wildman–Crippen LogP) is 3.30. The van der Waals surface area contributed by atoms with Crippen molar-refractivity contribution in [3.63, 3.8) is 0 Å². The molecule has 0 bridgehead atoms. The third kappa shape index (κ3) is 3.38. The molecule has 1 aromatic heterocycles. The number of hydrogen-bond acceptors (Lipinski definition) is 3. The first-order chi connectivity index (χ1) is 12.1. The molecule has 1 aliphatic heterocycles. The Morgan fingerprint density at radius 3 is 2.92 bits per heavy atom. The second-order valence-corrected chi connectivity index (χ2v) is 6.91. The summed E-state index contributed by atoms with van der Waals surface area (Å²) >= 11 is 0. The summed E-state index contributed by atoms with van der Waals surface area (Å²) in [6, 6.07) is 7.73.